The Hall–Kier alpha value is -3.63. The van der Waals surface area contributed by atoms with Gasteiger partial charge in [0, 0.05) is 32.6 Å². The summed E-state index contributed by atoms with van der Waals surface area (Å²) in [6.45, 7) is 7.13. The fourth-order valence-electron chi connectivity index (χ4n) is 6.53. The Morgan fingerprint density at radius 1 is 1.00 bits per heavy atom. The number of hydrogen-bond donors (Lipinski definition) is 1. The first-order chi connectivity index (χ1) is 18.0. The van der Waals surface area contributed by atoms with Crippen LogP contribution in [0.15, 0.2) is 16.9 Å². The molecule has 6 rings (SSSR count). The number of hydrogen-bond acceptors (Lipinski definition) is 6. The molecule has 1 N–H and O–H groups in total. The average molecular weight is 524 g/mol. The highest BCUT2D eigenvalue weighted by Gasteiger charge is 2.48. The van der Waals surface area contributed by atoms with E-state index in [4.69, 9.17) is 4.74 Å². The molecule has 1 aromatic carbocycles. The lowest BCUT2D eigenvalue weighted by molar-refractivity contribution is -0.135. The summed E-state index contributed by atoms with van der Waals surface area (Å²) in [7, 11) is 0. The molecule has 2 aromatic rings. The van der Waals surface area contributed by atoms with Gasteiger partial charge >= 0.3 is 11.8 Å². The van der Waals surface area contributed by atoms with E-state index in [1.54, 1.807) is 9.47 Å². The monoisotopic (exact) mass is 523 g/mol. The van der Waals surface area contributed by atoms with Crippen LogP contribution in [0.5, 0.6) is 0 Å². The molecule has 2 fully saturated rings. The second-order valence-corrected chi connectivity index (χ2v) is 11.9. The number of nitrogens with zero attached hydrogens (tertiary/aromatic N) is 4. The molecule has 1 aromatic heterocycles. The first-order valence-corrected chi connectivity index (χ1v) is 13.4. The summed E-state index contributed by atoms with van der Waals surface area (Å²) in [6.07, 6.45) is 2.55. The highest BCUT2D eigenvalue weighted by atomic mass is 16.6. The summed E-state index contributed by atoms with van der Waals surface area (Å²) in [5.74, 6) is -0.763. The quantitative estimate of drug-likeness (QED) is 0.571. The Morgan fingerprint density at radius 3 is 2.42 bits per heavy atom. The van der Waals surface area contributed by atoms with Gasteiger partial charge in [-0.1, -0.05) is 6.07 Å². The molecule has 4 aliphatic rings. The Morgan fingerprint density at radius 2 is 1.74 bits per heavy atom. The Bertz CT molecular complexity index is 1440. The van der Waals surface area contributed by atoms with Gasteiger partial charge in [0.15, 0.2) is 0 Å². The number of likely N-dealkylation sites (tertiary alicyclic amines) is 1. The lowest BCUT2D eigenvalue weighted by atomic mass is 9.74. The number of imidazole rings is 1. The van der Waals surface area contributed by atoms with Crippen LogP contribution < -0.4 is 15.9 Å². The lowest BCUT2D eigenvalue weighted by Crippen LogP contribution is -2.53. The zero-order valence-corrected chi connectivity index (χ0v) is 22.0. The van der Waals surface area contributed by atoms with Gasteiger partial charge in [-0.3, -0.25) is 28.8 Å². The molecule has 2 saturated heterocycles. The minimum Gasteiger partial charge on any atom is -0.444 e. The normalized spacial score (nSPS) is 23.0. The van der Waals surface area contributed by atoms with E-state index >= 15 is 0 Å². The second-order valence-electron chi connectivity index (χ2n) is 11.9. The van der Waals surface area contributed by atoms with Crippen LogP contribution in [0, 0.1) is 5.41 Å². The molecule has 0 radical (unpaired) electrons. The van der Waals surface area contributed by atoms with Crippen LogP contribution in [-0.4, -0.2) is 63.1 Å². The van der Waals surface area contributed by atoms with Crippen molar-refractivity contribution in [3.05, 3.63) is 28.2 Å². The van der Waals surface area contributed by atoms with Gasteiger partial charge in [-0.05, 0) is 64.5 Å². The number of piperidine rings is 2. The van der Waals surface area contributed by atoms with Gasteiger partial charge in [-0.2, -0.15) is 0 Å². The fraction of sp³-hybridized carbons (Fsp3) is 0.593. The highest BCUT2D eigenvalue weighted by molar-refractivity contribution is 6.07. The lowest BCUT2D eigenvalue weighted by Gasteiger charge is -2.42. The first kappa shape index (κ1) is 24.7. The molecule has 0 saturated carbocycles. The van der Waals surface area contributed by atoms with E-state index in [1.807, 2.05) is 37.8 Å². The molecule has 0 aliphatic carbocycles. The van der Waals surface area contributed by atoms with Crippen LogP contribution in [0.3, 0.4) is 0 Å². The summed E-state index contributed by atoms with van der Waals surface area (Å²) in [5, 5.41) is 2.35. The number of benzene rings is 1. The molecule has 11 nitrogen and oxygen atoms in total. The number of amides is 4. The number of imide groups is 1. The molecule has 4 amide bonds. The molecule has 1 unspecified atom stereocenters. The van der Waals surface area contributed by atoms with Crippen molar-refractivity contribution in [1.82, 2.24) is 19.4 Å². The Labute approximate surface area is 219 Å². The molecular formula is C27H33N5O6. The fourth-order valence-corrected chi connectivity index (χ4v) is 6.53. The zero-order chi connectivity index (χ0) is 27.0. The number of nitrogens with one attached hydrogen (secondary N) is 1. The topological polar surface area (TPSA) is 123 Å². The molecule has 38 heavy (non-hydrogen) atoms. The minimum atomic E-state index is -0.765. The molecule has 1 atom stereocenters. The van der Waals surface area contributed by atoms with E-state index < -0.39 is 23.0 Å². The number of carbonyl (C=O) groups is 4. The van der Waals surface area contributed by atoms with Gasteiger partial charge in [0.2, 0.25) is 17.7 Å². The van der Waals surface area contributed by atoms with Crippen molar-refractivity contribution in [3.8, 4) is 0 Å². The van der Waals surface area contributed by atoms with Gasteiger partial charge in [0.1, 0.15) is 11.6 Å². The highest BCUT2D eigenvalue weighted by Crippen LogP contribution is 2.46. The van der Waals surface area contributed by atoms with Crippen LogP contribution in [0.2, 0.25) is 0 Å². The SMILES string of the molecule is CC(C)(C)OC(=O)N1CCC2(CCc3ccc4c5c3N(CCn5c(=O)n4C3CCC(=O)NC3=O)C2=O)CC1. The summed E-state index contributed by atoms with van der Waals surface area (Å²) >= 11 is 0. The van der Waals surface area contributed by atoms with Gasteiger partial charge in [0.25, 0.3) is 0 Å². The number of aryl methyl sites for hydroxylation is 1. The second kappa shape index (κ2) is 8.44. The molecule has 0 bridgehead atoms. The molecule has 4 aliphatic heterocycles. The van der Waals surface area contributed by atoms with Crippen LogP contribution >= 0.6 is 0 Å². The van der Waals surface area contributed by atoms with Crippen molar-refractivity contribution in [1.29, 1.82) is 0 Å². The molecule has 202 valence electrons. The maximum absolute atomic E-state index is 14.2. The van der Waals surface area contributed by atoms with Gasteiger partial charge in [0.05, 0.1) is 22.1 Å². The third kappa shape index (κ3) is 3.73. The molecule has 1 spiro atoms. The van der Waals surface area contributed by atoms with E-state index in [0.717, 1.165) is 11.3 Å². The van der Waals surface area contributed by atoms with Gasteiger partial charge in [-0.15, -0.1) is 0 Å². The van der Waals surface area contributed by atoms with Crippen LogP contribution in [0.25, 0.3) is 11.0 Å². The van der Waals surface area contributed by atoms with Crippen molar-refractivity contribution < 1.29 is 23.9 Å². The number of carbonyl (C=O) groups excluding carboxylic acids is 4. The third-order valence-corrected chi connectivity index (χ3v) is 8.46. The first-order valence-electron chi connectivity index (χ1n) is 13.4. The van der Waals surface area contributed by atoms with Crippen LogP contribution in [-0.2, 0) is 32.1 Å². The van der Waals surface area contributed by atoms with Gasteiger partial charge < -0.3 is 14.5 Å². The average Bonchev–Trinajstić information content (AvgIpc) is 3.08. The number of aromatic nitrogens is 2. The summed E-state index contributed by atoms with van der Waals surface area (Å²) in [4.78, 5) is 68.2. The van der Waals surface area contributed by atoms with Crippen molar-refractivity contribution >= 4 is 40.5 Å². The van der Waals surface area contributed by atoms with E-state index in [1.165, 1.54) is 4.57 Å². The molecular weight excluding hydrogens is 490 g/mol. The smallest absolute Gasteiger partial charge is 0.410 e. The number of anilines is 1. The predicted molar refractivity (Wildman–Crippen MR) is 138 cm³/mol. The van der Waals surface area contributed by atoms with E-state index in [-0.39, 0.29) is 36.4 Å². The number of rotatable bonds is 1. The summed E-state index contributed by atoms with van der Waals surface area (Å²) in [5.41, 5.74) is 1.60. The zero-order valence-electron chi connectivity index (χ0n) is 22.0. The Kier molecular flexibility index (Phi) is 5.48. The van der Waals surface area contributed by atoms with E-state index in [9.17, 15) is 24.0 Å². The molecule has 5 heterocycles. The van der Waals surface area contributed by atoms with Crippen molar-refractivity contribution in [2.24, 2.45) is 5.41 Å². The van der Waals surface area contributed by atoms with Crippen LogP contribution in [0.4, 0.5) is 10.5 Å². The maximum Gasteiger partial charge on any atom is 0.410 e. The Balaban J connectivity index is 1.34. The number of ether oxygens (including phenoxy) is 1. The maximum atomic E-state index is 14.2. The predicted octanol–water partition coefficient (Wildman–Crippen LogP) is 2.09. The van der Waals surface area contributed by atoms with Crippen molar-refractivity contribution in [2.45, 2.75) is 77.5 Å². The van der Waals surface area contributed by atoms with Gasteiger partial charge in [-0.25, -0.2) is 9.59 Å². The van der Waals surface area contributed by atoms with E-state index in [0.29, 0.717) is 62.9 Å². The summed E-state index contributed by atoms with van der Waals surface area (Å²) < 4.78 is 8.70. The third-order valence-electron chi connectivity index (χ3n) is 8.46. The van der Waals surface area contributed by atoms with Crippen LogP contribution in [0.1, 0.15) is 64.5 Å². The summed E-state index contributed by atoms with van der Waals surface area (Å²) in [6, 6.07) is 3.07. The van der Waals surface area contributed by atoms with E-state index in [2.05, 4.69) is 5.32 Å². The van der Waals surface area contributed by atoms with Crippen molar-refractivity contribution in [3.63, 3.8) is 0 Å². The minimum absolute atomic E-state index is 0.0417. The standard InChI is InChI=1S/C27H33N5O6/c1-26(2,3)38-25(37)29-12-10-27(11-13-29)9-8-16-4-5-17-21-20(16)30(23(27)35)14-15-31(21)24(36)32(17)18-6-7-19(33)28-22(18)34/h4-5,18H,6-15H2,1-3H3,(H,28,33,34). The molecule has 11 heteroatoms. The largest absolute Gasteiger partial charge is 0.444 e. The van der Waals surface area contributed by atoms with Crippen molar-refractivity contribution in [2.75, 3.05) is 24.5 Å².